The van der Waals surface area contributed by atoms with Crippen LogP contribution >= 0.6 is 0 Å². The molecule has 1 aliphatic rings. The predicted octanol–water partition coefficient (Wildman–Crippen LogP) is 6.04. The fraction of sp³-hybridized carbons (Fsp3) is 0.480. The van der Waals surface area contributed by atoms with E-state index in [0.717, 1.165) is 31.8 Å². The van der Waals surface area contributed by atoms with Gasteiger partial charge in [0.2, 0.25) is 0 Å². The van der Waals surface area contributed by atoms with Gasteiger partial charge in [0.15, 0.2) is 17.3 Å². The standard InChI is InChI=1S/C25H30F3N3O3/c1-17-6-7-22(34-17)21-15-19(29-9-8-25(26,27)28)18-14-23(32-2)24(16-20(18)30-21)33-13-5-12-31-10-3-4-11-31/h6-7,14-16H,3-5,8-13H2,1-2H3,(H,29,30). The van der Waals surface area contributed by atoms with Crippen LogP contribution in [0, 0.1) is 6.92 Å². The van der Waals surface area contributed by atoms with Crippen molar-refractivity contribution in [3.8, 4) is 23.0 Å². The number of likely N-dealkylation sites (tertiary alicyclic amines) is 1. The fourth-order valence-electron chi connectivity index (χ4n) is 4.17. The fourth-order valence-corrected chi connectivity index (χ4v) is 4.17. The number of ether oxygens (including phenoxy) is 2. The van der Waals surface area contributed by atoms with Crippen LogP contribution in [0.25, 0.3) is 22.4 Å². The lowest BCUT2D eigenvalue weighted by molar-refractivity contribution is -0.131. The summed E-state index contributed by atoms with van der Waals surface area (Å²) in [6, 6.07) is 8.85. The smallest absolute Gasteiger partial charge is 0.390 e. The Bertz CT molecular complexity index is 1110. The number of furan rings is 1. The van der Waals surface area contributed by atoms with Crippen LogP contribution in [-0.4, -0.2) is 56.0 Å². The van der Waals surface area contributed by atoms with Gasteiger partial charge in [-0.05, 0) is 63.5 Å². The average molecular weight is 478 g/mol. The van der Waals surface area contributed by atoms with Crippen molar-refractivity contribution >= 4 is 16.6 Å². The molecule has 1 aliphatic heterocycles. The first-order chi connectivity index (χ1) is 16.3. The maximum Gasteiger partial charge on any atom is 0.390 e. The first-order valence-electron chi connectivity index (χ1n) is 11.6. The van der Waals surface area contributed by atoms with Crippen LogP contribution < -0.4 is 14.8 Å². The van der Waals surface area contributed by atoms with Gasteiger partial charge in [0.25, 0.3) is 0 Å². The number of hydrogen-bond donors (Lipinski definition) is 1. The summed E-state index contributed by atoms with van der Waals surface area (Å²) >= 11 is 0. The van der Waals surface area contributed by atoms with Crippen LogP contribution in [0.5, 0.6) is 11.5 Å². The second-order valence-electron chi connectivity index (χ2n) is 8.53. The molecule has 0 aliphatic carbocycles. The molecule has 0 saturated carbocycles. The molecule has 184 valence electrons. The summed E-state index contributed by atoms with van der Waals surface area (Å²) in [6.07, 6.45) is -1.79. The summed E-state index contributed by atoms with van der Waals surface area (Å²) in [5, 5.41) is 3.56. The number of pyridine rings is 1. The Morgan fingerprint density at radius 3 is 2.59 bits per heavy atom. The van der Waals surface area contributed by atoms with Gasteiger partial charge < -0.3 is 24.1 Å². The van der Waals surface area contributed by atoms with Gasteiger partial charge in [-0.1, -0.05) is 0 Å². The third-order valence-corrected chi connectivity index (χ3v) is 5.89. The molecule has 1 fully saturated rings. The molecule has 1 saturated heterocycles. The lowest BCUT2D eigenvalue weighted by atomic mass is 10.1. The Morgan fingerprint density at radius 1 is 1.12 bits per heavy atom. The number of nitrogens with zero attached hydrogens (tertiary/aromatic N) is 2. The van der Waals surface area contributed by atoms with E-state index in [1.165, 1.54) is 12.8 Å². The van der Waals surface area contributed by atoms with Crippen molar-refractivity contribution in [2.45, 2.75) is 38.8 Å². The van der Waals surface area contributed by atoms with E-state index >= 15 is 0 Å². The Hall–Kier alpha value is -2.94. The number of halogens is 3. The molecule has 1 aromatic carbocycles. The summed E-state index contributed by atoms with van der Waals surface area (Å²) in [6.45, 7) is 5.38. The number of alkyl halides is 3. The Morgan fingerprint density at radius 2 is 1.91 bits per heavy atom. The monoisotopic (exact) mass is 477 g/mol. The SMILES string of the molecule is COc1cc2c(NCCC(F)(F)F)cc(-c3ccc(C)o3)nc2cc1OCCCN1CCCC1. The summed E-state index contributed by atoms with van der Waals surface area (Å²) < 4.78 is 55.4. The third-order valence-electron chi connectivity index (χ3n) is 5.89. The van der Waals surface area contributed by atoms with E-state index in [0.29, 0.717) is 46.2 Å². The zero-order valence-electron chi connectivity index (χ0n) is 19.5. The van der Waals surface area contributed by atoms with Crippen molar-refractivity contribution in [3.05, 3.63) is 36.1 Å². The van der Waals surface area contributed by atoms with E-state index in [2.05, 4.69) is 10.2 Å². The molecule has 2 aromatic heterocycles. The van der Waals surface area contributed by atoms with Crippen molar-refractivity contribution in [3.63, 3.8) is 0 Å². The predicted molar refractivity (Wildman–Crippen MR) is 126 cm³/mol. The van der Waals surface area contributed by atoms with E-state index < -0.39 is 12.6 Å². The normalized spacial score (nSPS) is 14.6. The molecule has 0 amide bonds. The van der Waals surface area contributed by atoms with Crippen molar-refractivity contribution < 1.29 is 27.1 Å². The number of methoxy groups -OCH3 is 1. The molecule has 34 heavy (non-hydrogen) atoms. The second kappa shape index (κ2) is 10.5. The maximum absolute atomic E-state index is 12.7. The molecule has 0 radical (unpaired) electrons. The highest BCUT2D eigenvalue weighted by Crippen LogP contribution is 2.37. The maximum atomic E-state index is 12.7. The second-order valence-corrected chi connectivity index (χ2v) is 8.53. The molecule has 0 unspecified atom stereocenters. The largest absolute Gasteiger partial charge is 0.493 e. The van der Waals surface area contributed by atoms with Gasteiger partial charge in [-0.25, -0.2) is 4.98 Å². The highest BCUT2D eigenvalue weighted by Gasteiger charge is 2.26. The lowest BCUT2D eigenvalue weighted by Crippen LogP contribution is -2.21. The summed E-state index contributed by atoms with van der Waals surface area (Å²) in [5.74, 6) is 2.33. The van der Waals surface area contributed by atoms with E-state index in [-0.39, 0.29) is 6.54 Å². The Kier molecular flexibility index (Phi) is 7.50. The van der Waals surface area contributed by atoms with Gasteiger partial charge in [-0.3, -0.25) is 0 Å². The molecule has 0 spiro atoms. The molecule has 0 bridgehead atoms. The van der Waals surface area contributed by atoms with Crippen molar-refractivity contribution in [1.29, 1.82) is 0 Å². The van der Waals surface area contributed by atoms with E-state index in [1.54, 1.807) is 31.4 Å². The molecule has 3 heterocycles. The van der Waals surface area contributed by atoms with Gasteiger partial charge in [0.05, 0.1) is 25.7 Å². The van der Waals surface area contributed by atoms with Crippen LogP contribution in [0.2, 0.25) is 0 Å². The molecular formula is C25H30F3N3O3. The quantitative estimate of drug-likeness (QED) is 0.359. The Labute approximate surface area is 197 Å². The molecule has 6 nitrogen and oxygen atoms in total. The molecule has 3 aromatic rings. The van der Waals surface area contributed by atoms with E-state index in [1.807, 2.05) is 13.0 Å². The number of rotatable bonds is 10. The minimum atomic E-state index is -4.25. The topological polar surface area (TPSA) is 59.8 Å². The summed E-state index contributed by atoms with van der Waals surface area (Å²) in [4.78, 5) is 7.13. The molecular weight excluding hydrogens is 447 g/mol. The van der Waals surface area contributed by atoms with Gasteiger partial charge in [-0.2, -0.15) is 13.2 Å². The number of fused-ring (bicyclic) bond motifs is 1. The van der Waals surface area contributed by atoms with Gasteiger partial charge >= 0.3 is 6.18 Å². The van der Waals surface area contributed by atoms with E-state index in [4.69, 9.17) is 18.9 Å². The van der Waals surface area contributed by atoms with Crippen LogP contribution in [0.3, 0.4) is 0 Å². The molecule has 1 N–H and O–H groups in total. The zero-order valence-corrected chi connectivity index (χ0v) is 19.5. The van der Waals surface area contributed by atoms with Crippen LogP contribution in [0.1, 0.15) is 31.4 Å². The van der Waals surface area contributed by atoms with Crippen molar-refractivity contribution in [2.24, 2.45) is 0 Å². The molecule has 0 atom stereocenters. The van der Waals surface area contributed by atoms with Gasteiger partial charge in [0, 0.05) is 30.2 Å². The number of hydrogen-bond acceptors (Lipinski definition) is 6. The number of aryl methyl sites for hydroxylation is 1. The van der Waals surface area contributed by atoms with E-state index in [9.17, 15) is 13.2 Å². The Balaban J connectivity index is 1.60. The minimum absolute atomic E-state index is 0.254. The highest BCUT2D eigenvalue weighted by atomic mass is 19.4. The molecule has 9 heteroatoms. The van der Waals surface area contributed by atoms with Crippen LogP contribution in [-0.2, 0) is 0 Å². The summed E-state index contributed by atoms with van der Waals surface area (Å²) in [7, 11) is 1.54. The number of anilines is 1. The highest BCUT2D eigenvalue weighted by molar-refractivity contribution is 5.95. The van der Waals surface area contributed by atoms with Crippen molar-refractivity contribution in [1.82, 2.24) is 9.88 Å². The number of aromatic nitrogens is 1. The number of benzene rings is 1. The average Bonchev–Trinajstić information content (AvgIpc) is 3.47. The molecule has 4 rings (SSSR count). The lowest BCUT2D eigenvalue weighted by Gasteiger charge is -2.17. The first kappa shape index (κ1) is 24.2. The third kappa shape index (κ3) is 6.14. The van der Waals surface area contributed by atoms with Crippen LogP contribution in [0.15, 0.2) is 34.7 Å². The first-order valence-corrected chi connectivity index (χ1v) is 11.6. The number of nitrogens with one attached hydrogen (secondary N) is 1. The zero-order chi connectivity index (χ0) is 24.1. The van der Waals surface area contributed by atoms with Crippen molar-refractivity contribution in [2.75, 3.05) is 45.2 Å². The van der Waals surface area contributed by atoms with Crippen LogP contribution in [0.4, 0.5) is 18.9 Å². The minimum Gasteiger partial charge on any atom is -0.493 e. The van der Waals surface area contributed by atoms with Gasteiger partial charge in [-0.15, -0.1) is 0 Å². The van der Waals surface area contributed by atoms with Gasteiger partial charge in [0.1, 0.15) is 11.5 Å². The summed E-state index contributed by atoms with van der Waals surface area (Å²) in [5.41, 5.74) is 1.63.